The Bertz CT molecular complexity index is 851. The van der Waals surface area contributed by atoms with Gasteiger partial charge in [-0.1, -0.05) is 6.07 Å². The van der Waals surface area contributed by atoms with Crippen molar-refractivity contribution in [3.8, 4) is 0 Å². The first-order valence-electron chi connectivity index (χ1n) is 8.37. The predicted octanol–water partition coefficient (Wildman–Crippen LogP) is 0.723. The van der Waals surface area contributed by atoms with Crippen LogP contribution >= 0.6 is 0 Å². The number of benzene rings is 1. The molecule has 9 heteroatoms. The number of aromatic nitrogens is 2. The van der Waals surface area contributed by atoms with Gasteiger partial charge in [0.2, 0.25) is 10.0 Å². The van der Waals surface area contributed by atoms with Crippen molar-refractivity contribution in [2.45, 2.75) is 24.0 Å². The molecule has 1 aliphatic heterocycles. The molecule has 1 aromatic heterocycles. The quantitative estimate of drug-likeness (QED) is 0.766. The number of sulfonamides is 1. The Morgan fingerprint density at radius 3 is 2.96 bits per heavy atom. The van der Waals surface area contributed by atoms with Gasteiger partial charge in [0.05, 0.1) is 17.3 Å². The average molecular weight is 378 g/mol. The number of rotatable bonds is 7. The third kappa shape index (κ3) is 4.29. The normalized spacial score (nSPS) is 17.6. The molecule has 1 atom stereocenters. The minimum atomic E-state index is -3.69. The number of carbonyl (C=O) groups excluding carboxylic acids is 1. The number of likely N-dealkylation sites (tertiary alicyclic amines) is 1. The number of amides is 1. The van der Waals surface area contributed by atoms with Crippen molar-refractivity contribution in [2.24, 2.45) is 0 Å². The molecule has 0 bridgehead atoms. The van der Waals surface area contributed by atoms with Gasteiger partial charge in [-0.15, -0.1) is 0 Å². The first-order valence-corrected chi connectivity index (χ1v) is 9.85. The van der Waals surface area contributed by atoms with E-state index in [-0.39, 0.29) is 23.5 Å². The molecule has 140 valence electrons. The van der Waals surface area contributed by atoms with Gasteiger partial charge in [-0.2, -0.15) is 0 Å². The standard InChI is InChI=1S/C17H22N4O4S/c1-25-15-5-8-21(12-15)17(22)14-3-2-4-16(11-14)26(23,24)19-7-10-20-9-6-18-13-20/h2-4,6,9,11,13,15,19H,5,7-8,10,12H2,1H3/t15-/m0/s1. The van der Waals surface area contributed by atoms with E-state index in [0.29, 0.717) is 25.2 Å². The predicted molar refractivity (Wildman–Crippen MR) is 95.2 cm³/mol. The molecule has 2 aromatic rings. The van der Waals surface area contributed by atoms with Crippen LogP contribution in [0.4, 0.5) is 0 Å². The van der Waals surface area contributed by atoms with Gasteiger partial charge in [0, 0.05) is 51.2 Å². The molecule has 1 amide bonds. The molecule has 0 spiro atoms. The lowest BCUT2D eigenvalue weighted by Crippen LogP contribution is -2.30. The summed E-state index contributed by atoms with van der Waals surface area (Å²) < 4.78 is 34.5. The number of methoxy groups -OCH3 is 1. The van der Waals surface area contributed by atoms with Gasteiger partial charge in [0.1, 0.15) is 0 Å². The van der Waals surface area contributed by atoms with Crippen molar-refractivity contribution in [3.63, 3.8) is 0 Å². The number of imidazole rings is 1. The van der Waals surface area contributed by atoms with Gasteiger partial charge >= 0.3 is 0 Å². The van der Waals surface area contributed by atoms with Gasteiger partial charge in [-0.05, 0) is 24.6 Å². The van der Waals surface area contributed by atoms with Crippen LogP contribution in [-0.4, -0.2) is 61.6 Å². The third-order valence-electron chi connectivity index (χ3n) is 4.38. The summed E-state index contributed by atoms with van der Waals surface area (Å²) in [6, 6.07) is 6.12. The molecule has 0 aliphatic carbocycles. The summed E-state index contributed by atoms with van der Waals surface area (Å²) >= 11 is 0. The zero-order chi connectivity index (χ0) is 18.6. The maximum atomic E-state index is 12.6. The van der Waals surface area contributed by atoms with Crippen molar-refractivity contribution in [1.29, 1.82) is 0 Å². The van der Waals surface area contributed by atoms with Crippen molar-refractivity contribution in [1.82, 2.24) is 19.2 Å². The Morgan fingerprint density at radius 1 is 1.42 bits per heavy atom. The lowest BCUT2D eigenvalue weighted by atomic mass is 10.2. The lowest BCUT2D eigenvalue weighted by Gasteiger charge is -2.16. The second kappa shape index (κ2) is 7.98. The Labute approximate surface area is 152 Å². The summed E-state index contributed by atoms with van der Waals surface area (Å²) in [4.78, 5) is 18.3. The van der Waals surface area contributed by atoms with Crippen LogP contribution in [0.15, 0.2) is 47.9 Å². The average Bonchev–Trinajstić information content (AvgIpc) is 3.33. The summed E-state index contributed by atoms with van der Waals surface area (Å²) in [5.41, 5.74) is 0.360. The number of hydrogen-bond donors (Lipinski definition) is 1. The van der Waals surface area contributed by atoms with Gasteiger partial charge in [0.25, 0.3) is 5.91 Å². The fourth-order valence-corrected chi connectivity index (χ4v) is 3.96. The lowest BCUT2D eigenvalue weighted by molar-refractivity contribution is 0.0724. The largest absolute Gasteiger partial charge is 0.380 e. The van der Waals surface area contributed by atoms with E-state index >= 15 is 0 Å². The molecule has 3 rings (SSSR count). The van der Waals surface area contributed by atoms with Crippen LogP contribution in [0.1, 0.15) is 16.8 Å². The number of nitrogens with zero attached hydrogens (tertiary/aromatic N) is 3. The van der Waals surface area contributed by atoms with Crippen molar-refractivity contribution >= 4 is 15.9 Å². The molecule has 1 N–H and O–H groups in total. The monoisotopic (exact) mass is 378 g/mol. The van der Waals surface area contributed by atoms with Crippen molar-refractivity contribution in [3.05, 3.63) is 48.5 Å². The van der Waals surface area contributed by atoms with Crippen LogP contribution in [0, 0.1) is 0 Å². The van der Waals surface area contributed by atoms with Crippen LogP contribution < -0.4 is 4.72 Å². The maximum Gasteiger partial charge on any atom is 0.253 e. The molecule has 1 aliphatic rings. The van der Waals surface area contributed by atoms with Gasteiger partial charge in [-0.3, -0.25) is 4.79 Å². The first kappa shape index (κ1) is 18.6. The van der Waals surface area contributed by atoms with Gasteiger partial charge < -0.3 is 14.2 Å². The summed E-state index contributed by atoms with van der Waals surface area (Å²) in [5, 5.41) is 0. The number of ether oxygens (including phenoxy) is 1. The fourth-order valence-electron chi connectivity index (χ4n) is 2.90. The van der Waals surface area contributed by atoms with Crippen LogP contribution in [0.25, 0.3) is 0 Å². The van der Waals surface area contributed by atoms with Crippen LogP contribution in [0.5, 0.6) is 0 Å². The maximum absolute atomic E-state index is 12.6. The van der Waals surface area contributed by atoms with Crippen LogP contribution in [-0.2, 0) is 21.3 Å². The Balaban J connectivity index is 1.66. The molecule has 8 nitrogen and oxygen atoms in total. The summed E-state index contributed by atoms with van der Waals surface area (Å²) in [6.45, 7) is 1.84. The zero-order valence-electron chi connectivity index (χ0n) is 14.5. The summed E-state index contributed by atoms with van der Waals surface area (Å²) in [7, 11) is -2.06. The van der Waals surface area contributed by atoms with E-state index in [1.165, 1.54) is 12.1 Å². The SMILES string of the molecule is CO[C@H]1CCN(C(=O)c2cccc(S(=O)(=O)NCCn3ccnc3)c2)C1. The molecule has 0 saturated carbocycles. The highest BCUT2D eigenvalue weighted by molar-refractivity contribution is 7.89. The minimum Gasteiger partial charge on any atom is -0.380 e. The highest BCUT2D eigenvalue weighted by Gasteiger charge is 2.27. The van der Waals surface area contributed by atoms with Crippen LogP contribution in [0.3, 0.4) is 0 Å². The van der Waals surface area contributed by atoms with Crippen molar-refractivity contribution < 1.29 is 17.9 Å². The second-order valence-electron chi connectivity index (χ2n) is 6.12. The Morgan fingerprint density at radius 2 is 2.27 bits per heavy atom. The number of carbonyl (C=O) groups is 1. The molecule has 26 heavy (non-hydrogen) atoms. The second-order valence-corrected chi connectivity index (χ2v) is 7.89. The topological polar surface area (TPSA) is 93.5 Å². The minimum absolute atomic E-state index is 0.0377. The van der Waals surface area contributed by atoms with E-state index in [4.69, 9.17) is 4.74 Å². The first-order chi connectivity index (χ1) is 12.5. The van der Waals surface area contributed by atoms with Crippen LogP contribution in [0.2, 0.25) is 0 Å². The van der Waals surface area contributed by atoms with E-state index in [2.05, 4.69) is 9.71 Å². The molecule has 1 saturated heterocycles. The molecule has 0 unspecified atom stereocenters. The molecular weight excluding hydrogens is 356 g/mol. The van der Waals surface area contributed by atoms with E-state index in [9.17, 15) is 13.2 Å². The zero-order valence-corrected chi connectivity index (χ0v) is 15.4. The highest BCUT2D eigenvalue weighted by Crippen LogP contribution is 2.18. The Hall–Kier alpha value is -2.23. The third-order valence-corrected chi connectivity index (χ3v) is 5.84. The van der Waals surface area contributed by atoms with Gasteiger partial charge in [0.15, 0.2) is 0 Å². The molecule has 1 fully saturated rings. The van der Waals surface area contributed by atoms with E-state index < -0.39 is 10.0 Å². The summed E-state index contributed by atoms with van der Waals surface area (Å²) in [5.74, 6) is -0.181. The number of hydrogen-bond acceptors (Lipinski definition) is 5. The van der Waals surface area contributed by atoms with Crippen molar-refractivity contribution in [2.75, 3.05) is 26.7 Å². The smallest absolute Gasteiger partial charge is 0.253 e. The highest BCUT2D eigenvalue weighted by atomic mass is 32.2. The molecule has 0 radical (unpaired) electrons. The van der Waals surface area contributed by atoms with E-state index in [0.717, 1.165) is 6.42 Å². The molecular formula is C17H22N4O4S. The van der Waals surface area contributed by atoms with Gasteiger partial charge in [-0.25, -0.2) is 18.1 Å². The fraction of sp³-hybridized carbons (Fsp3) is 0.412. The molecule has 1 aromatic carbocycles. The molecule has 2 heterocycles. The van der Waals surface area contributed by atoms with E-state index in [1.54, 1.807) is 47.4 Å². The summed E-state index contributed by atoms with van der Waals surface area (Å²) in [6.07, 6.45) is 5.84. The van der Waals surface area contributed by atoms with E-state index in [1.807, 2.05) is 0 Å². The Kier molecular flexibility index (Phi) is 5.70. The number of nitrogens with one attached hydrogen (secondary N) is 1.